The van der Waals surface area contributed by atoms with Crippen molar-refractivity contribution in [2.75, 3.05) is 39.8 Å². The van der Waals surface area contributed by atoms with Gasteiger partial charge in [0, 0.05) is 32.1 Å². The molecule has 2 atom stereocenters. The van der Waals surface area contributed by atoms with E-state index in [9.17, 15) is 4.79 Å². The lowest BCUT2D eigenvalue weighted by Crippen LogP contribution is -2.50. The fourth-order valence-corrected chi connectivity index (χ4v) is 4.10. The minimum atomic E-state index is -0.120. The number of nitrogens with zero attached hydrogens (tertiary/aromatic N) is 2. The molecule has 2 aliphatic rings. The van der Waals surface area contributed by atoms with Crippen LogP contribution in [0.25, 0.3) is 0 Å². The Bertz CT molecular complexity index is 740. The molecule has 1 aliphatic heterocycles. The van der Waals surface area contributed by atoms with Crippen molar-refractivity contribution in [1.82, 2.24) is 15.1 Å². The minimum absolute atomic E-state index is 0.120. The zero-order valence-electron chi connectivity index (χ0n) is 15.4. The van der Waals surface area contributed by atoms with Gasteiger partial charge in [-0.05, 0) is 24.6 Å². The van der Waals surface area contributed by atoms with Gasteiger partial charge in [0.05, 0.1) is 12.1 Å². The van der Waals surface area contributed by atoms with E-state index in [0.717, 1.165) is 32.6 Å². The van der Waals surface area contributed by atoms with E-state index in [1.54, 1.807) is 0 Å². The van der Waals surface area contributed by atoms with Crippen LogP contribution in [0, 0.1) is 0 Å². The molecule has 2 aromatic carbocycles. The first kappa shape index (κ1) is 17.3. The van der Waals surface area contributed by atoms with E-state index in [1.807, 2.05) is 11.0 Å². The molecule has 0 aromatic heterocycles. The molecule has 4 heteroatoms. The van der Waals surface area contributed by atoms with Gasteiger partial charge in [0.2, 0.25) is 5.91 Å². The SMILES string of the molecule is CN1CCN(C(=O)CNC2(c3ccccc3)CC2c2ccccc2)CC1. The Labute approximate surface area is 155 Å². The van der Waals surface area contributed by atoms with Crippen molar-refractivity contribution in [3.8, 4) is 0 Å². The predicted molar refractivity (Wildman–Crippen MR) is 104 cm³/mol. The summed E-state index contributed by atoms with van der Waals surface area (Å²) in [5, 5.41) is 3.64. The molecule has 2 unspecified atom stereocenters. The van der Waals surface area contributed by atoms with Crippen molar-refractivity contribution in [2.24, 2.45) is 0 Å². The number of rotatable bonds is 5. The third-order valence-corrected chi connectivity index (χ3v) is 5.86. The molecule has 26 heavy (non-hydrogen) atoms. The number of carbonyl (C=O) groups excluding carboxylic acids is 1. The Morgan fingerprint density at radius 1 is 1.00 bits per heavy atom. The first-order valence-electron chi connectivity index (χ1n) is 9.51. The van der Waals surface area contributed by atoms with Crippen molar-refractivity contribution in [1.29, 1.82) is 0 Å². The molecule has 1 amide bonds. The van der Waals surface area contributed by atoms with Gasteiger partial charge in [-0.1, -0.05) is 60.7 Å². The number of carbonyl (C=O) groups is 1. The fraction of sp³-hybridized carbons (Fsp3) is 0.409. The average Bonchev–Trinajstić information content (AvgIpc) is 3.44. The van der Waals surface area contributed by atoms with Crippen molar-refractivity contribution < 1.29 is 4.79 Å². The molecule has 1 N–H and O–H groups in total. The number of nitrogens with one attached hydrogen (secondary N) is 1. The number of piperazine rings is 1. The van der Waals surface area contributed by atoms with Gasteiger partial charge >= 0.3 is 0 Å². The highest BCUT2D eigenvalue weighted by atomic mass is 16.2. The van der Waals surface area contributed by atoms with Gasteiger partial charge in [0.25, 0.3) is 0 Å². The van der Waals surface area contributed by atoms with Crippen LogP contribution in [0.2, 0.25) is 0 Å². The Morgan fingerprint density at radius 3 is 2.27 bits per heavy atom. The number of hydrogen-bond acceptors (Lipinski definition) is 3. The molecule has 1 saturated carbocycles. The van der Waals surface area contributed by atoms with E-state index < -0.39 is 0 Å². The molecular weight excluding hydrogens is 322 g/mol. The molecule has 0 spiro atoms. The maximum atomic E-state index is 12.7. The summed E-state index contributed by atoms with van der Waals surface area (Å²) in [6.07, 6.45) is 1.04. The standard InChI is InChI=1S/C22H27N3O/c1-24-12-14-25(15-13-24)21(26)17-23-22(19-10-6-3-7-11-19)16-20(22)18-8-4-2-5-9-18/h2-11,20,23H,12-17H2,1H3. The monoisotopic (exact) mass is 349 g/mol. The number of hydrogen-bond donors (Lipinski definition) is 1. The number of likely N-dealkylation sites (N-methyl/N-ethyl adjacent to an activating group) is 1. The predicted octanol–water partition coefficient (Wildman–Crippen LogP) is 2.43. The van der Waals surface area contributed by atoms with Crippen LogP contribution in [0.3, 0.4) is 0 Å². The van der Waals surface area contributed by atoms with Crippen LogP contribution in [0.4, 0.5) is 0 Å². The van der Waals surface area contributed by atoms with Crippen LogP contribution < -0.4 is 5.32 Å². The van der Waals surface area contributed by atoms with Crippen molar-refractivity contribution in [3.63, 3.8) is 0 Å². The molecule has 0 radical (unpaired) electrons. The summed E-state index contributed by atoms with van der Waals surface area (Å²) in [6.45, 7) is 3.99. The summed E-state index contributed by atoms with van der Waals surface area (Å²) in [5.74, 6) is 0.638. The van der Waals surface area contributed by atoms with Gasteiger partial charge in [-0.3, -0.25) is 10.1 Å². The zero-order chi connectivity index (χ0) is 18.0. The third kappa shape index (κ3) is 3.39. The van der Waals surface area contributed by atoms with Gasteiger partial charge in [0.1, 0.15) is 0 Å². The normalized spacial score (nSPS) is 25.9. The molecule has 1 heterocycles. The number of benzene rings is 2. The largest absolute Gasteiger partial charge is 0.339 e. The molecule has 2 aromatic rings. The van der Waals surface area contributed by atoms with Crippen molar-refractivity contribution >= 4 is 5.91 Å². The highest BCUT2D eigenvalue weighted by Gasteiger charge is 2.55. The summed E-state index contributed by atoms with van der Waals surface area (Å²) >= 11 is 0. The first-order chi connectivity index (χ1) is 12.7. The molecular formula is C22H27N3O. The lowest BCUT2D eigenvalue weighted by molar-refractivity contribution is -0.132. The maximum Gasteiger partial charge on any atom is 0.236 e. The highest BCUT2D eigenvalue weighted by molar-refractivity contribution is 5.78. The average molecular weight is 349 g/mol. The second-order valence-corrected chi connectivity index (χ2v) is 7.54. The van der Waals surface area contributed by atoms with Crippen LogP contribution in [-0.4, -0.2) is 55.5 Å². The summed E-state index contributed by atoms with van der Waals surface area (Å²) < 4.78 is 0. The highest BCUT2D eigenvalue weighted by Crippen LogP contribution is 2.58. The topological polar surface area (TPSA) is 35.6 Å². The number of amides is 1. The van der Waals surface area contributed by atoms with Crippen LogP contribution >= 0.6 is 0 Å². The Hall–Kier alpha value is -2.17. The fourth-order valence-electron chi connectivity index (χ4n) is 4.10. The molecule has 1 saturated heterocycles. The zero-order valence-corrected chi connectivity index (χ0v) is 15.4. The second-order valence-electron chi connectivity index (χ2n) is 7.54. The summed E-state index contributed by atoms with van der Waals surface area (Å²) in [6, 6.07) is 21.2. The summed E-state index contributed by atoms with van der Waals surface area (Å²) in [5.41, 5.74) is 2.50. The summed E-state index contributed by atoms with van der Waals surface area (Å²) in [7, 11) is 2.11. The van der Waals surface area contributed by atoms with E-state index >= 15 is 0 Å². The Kier molecular flexibility index (Phi) is 4.79. The van der Waals surface area contributed by atoms with Crippen molar-refractivity contribution in [3.05, 3.63) is 71.8 Å². The maximum absolute atomic E-state index is 12.7. The van der Waals surface area contributed by atoms with Crippen LogP contribution in [-0.2, 0) is 10.3 Å². The van der Waals surface area contributed by atoms with E-state index in [4.69, 9.17) is 0 Å². The quantitative estimate of drug-likeness (QED) is 0.901. The van der Waals surface area contributed by atoms with E-state index in [-0.39, 0.29) is 11.4 Å². The van der Waals surface area contributed by atoms with Crippen LogP contribution in [0.5, 0.6) is 0 Å². The van der Waals surface area contributed by atoms with Gasteiger partial charge in [-0.15, -0.1) is 0 Å². The molecule has 4 nitrogen and oxygen atoms in total. The lowest BCUT2D eigenvalue weighted by Gasteiger charge is -2.33. The minimum Gasteiger partial charge on any atom is -0.339 e. The van der Waals surface area contributed by atoms with E-state index in [2.05, 4.69) is 71.9 Å². The first-order valence-corrected chi connectivity index (χ1v) is 9.51. The lowest BCUT2D eigenvalue weighted by atomic mass is 9.98. The van der Waals surface area contributed by atoms with Gasteiger partial charge in [-0.2, -0.15) is 0 Å². The van der Waals surface area contributed by atoms with Gasteiger partial charge < -0.3 is 9.80 Å². The second kappa shape index (κ2) is 7.22. The smallest absolute Gasteiger partial charge is 0.236 e. The van der Waals surface area contributed by atoms with E-state index in [0.29, 0.717) is 12.5 Å². The Balaban J connectivity index is 1.48. The van der Waals surface area contributed by atoms with E-state index in [1.165, 1.54) is 11.1 Å². The third-order valence-electron chi connectivity index (χ3n) is 5.86. The van der Waals surface area contributed by atoms with Crippen LogP contribution in [0.1, 0.15) is 23.5 Å². The molecule has 136 valence electrons. The van der Waals surface area contributed by atoms with Gasteiger partial charge in [-0.25, -0.2) is 0 Å². The van der Waals surface area contributed by atoms with Crippen molar-refractivity contribution in [2.45, 2.75) is 17.9 Å². The Morgan fingerprint density at radius 2 is 1.62 bits per heavy atom. The van der Waals surface area contributed by atoms with Crippen LogP contribution in [0.15, 0.2) is 60.7 Å². The summed E-state index contributed by atoms with van der Waals surface area (Å²) in [4.78, 5) is 17.0. The van der Waals surface area contributed by atoms with Gasteiger partial charge in [0.15, 0.2) is 0 Å². The molecule has 2 fully saturated rings. The molecule has 0 bridgehead atoms. The molecule has 4 rings (SSSR count). The molecule has 1 aliphatic carbocycles.